The fourth-order valence-corrected chi connectivity index (χ4v) is 0.521. The van der Waals surface area contributed by atoms with Crippen molar-refractivity contribution in [3.63, 3.8) is 0 Å². The van der Waals surface area contributed by atoms with Gasteiger partial charge in [0.15, 0.2) is 5.82 Å². The number of hydrogen-bond acceptors (Lipinski definition) is 4. The normalized spacial score (nSPS) is 9.30. The van der Waals surface area contributed by atoms with Crippen molar-refractivity contribution < 1.29 is 9.32 Å². The third-order valence-electron chi connectivity index (χ3n) is 0.828. The lowest BCUT2D eigenvalue weighted by Crippen LogP contribution is -2.04. The molecule has 0 saturated carbocycles. The van der Waals surface area contributed by atoms with E-state index in [2.05, 4.69) is 15.0 Å². The van der Waals surface area contributed by atoms with E-state index in [9.17, 15) is 4.79 Å². The molecule has 0 unspecified atom stereocenters. The first-order valence-electron chi connectivity index (χ1n) is 2.68. The van der Waals surface area contributed by atoms with Crippen LogP contribution >= 0.6 is 0 Å². The average Bonchev–Trinajstić information content (AvgIpc) is 2.13. The topological polar surface area (TPSA) is 81.2 Å². The molecule has 54 valence electrons. The maximum atomic E-state index is 10.4. The van der Waals surface area contributed by atoms with E-state index in [0.29, 0.717) is 0 Å². The fourth-order valence-electron chi connectivity index (χ4n) is 0.521. The highest BCUT2D eigenvalue weighted by molar-refractivity contribution is 5.87. The van der Waals surface area contributed by atoms with Gasteiger partial charge in [-0.15, -0.1) is 0 Å². The second-order valence-electron chi connectivity index (χ2n) is 1.80. The maximum Gasteiger partial charge on any atom is 0.233 e. The highest BCUT2D eigenvalue weighted by Crippen LogP contribution is 2.09. The molecular weight excluding hydrogens is 134 g/mol. The summed E-state index contributed by atoms with van der Waals surface area (Å²) >= 11 is 0. The molecule has 0 saturated heterocycles. The Bertz CT molecular complexity index is 243. The summed E-state index contributed by atoms with van der Waals surface area (Å²) in [5.74, 6) is 0.310. The van der Waals surface area contributed by atoms with E-state index in [4.69, 9.17) is 5.73 Å². The maximum absolute atomic E-state index is 10.4. The van der Waals surface area contributed by atoms with Crippen LogP contribution in [0.3, 0.4) is 0 Å². The number of carbonyl (C=O) groups excluding carboxylic acids is 1. The highest BCUT2D eigenvalue weighted by Gasteiger charge is 2.00. The molecule has 0 aliphatic heterocycles. The summed E-state index contributed by atoms with van der Waals surface area (Å²) in [6, 6.07) is 1.43. The van der Waals surface area contributed by atoms with Gasteiger partial charge in [0.1, 0.15) is 0 Å². The van der Waals surface area contributed by atoms with Gasteiger partial charge in [-0.1, -0.05) is 5.16 Å². The van der Waals surface area contributed by atoms with E-state index in [-0.39, 0.29) is 17.6 Å². The van der Waals surface area contributed by atoms with Gasteiger partial charge in [0.25, 0.3) is 0 Å². The van der Waals surface area contributed by atoms with Gasteiger partial charge in [0.2, 0.25) is 11.8 Å². The Balaban J connectivity index is 2.67. The van der Waals surface area contributed by atoms with E-state index in [1.807, 2.05) is 0 Å². The van der Waals surface area contributed by atoms with Crippen LogP contribution in [0.5, 0.6) is 0 Å². The molecule has 5 heteroatoms. The van der Waals surface area contributed by atoms with Crippen molar-refractivity contribution in [1.82, 2.24) is 5.16 Å². The van der Waals surface area contributed by atoms with Crippen LogP contribution in [-0.4, -0.2) is 11.1 Å². The molecule has 10 heavy (non-hydrogen) atoms. The Labute approximate surface area is 57.2 Å². The van der Waals surface area contributed by atoms with Crippen LogP contribution in [-0.2, 0) is 4.79 Å². The molecule has 0 aliphatic carbocycles. The molecule has 1 heterocycles. The van der Waals surface area contributed by atoms with Crippen LogP contribution in [0, 0.1) is 0 Å². The van der Waals surface area contributed by atoms with Gasteiger partial charge in [0, 0.05) is 13.0 Å². The zero-order valence-electron chi connectivity index (χ0n) is 5.42. The quantitative estimate of drug-likeness (QED) is 0.586. The largest absolute Gasteiger partial charge is 0.381 e. The van der Waals surface area contributed by atoms with Crippen LogP contribution < -0.4 is 11.1 Å². The summed E-state index contributed by atoms with van der Waals surface area (Å²) in [4.78, 5) is 10.4. The van der Waals surface area contributed by atoms with Crippen LogP contribution in [0.15, 0.2) is 10.6 Å². The molecule has 0 atom stereocenters. The molecule has 3 N–H and O–H groups in total. The standard InChI is InChI=1S/C5H7N3O2/c1-3(9)7-5-2-4(6)8-10-5/h2H,1H3,(H2,6,8)(H,7,9). The van der Waals surface area contributed by atoms with Gasteiger partial charge in [-0.2, -0.15) is 0 Å². The molecule has 1 aromatic rings. The van der Waals surface area contributed by atoms with Crippen LogP contribution in [0.4, 0.5) is 11.7 Å². The smallest absolute Gasteiger partial charge is 0.233 e. The van der Waals surface area contributed by atoms with Crippen molar-refractivity contribution in [2.45, 2.75) is 6.92 Å². The summed E-state index contributed by atoms with van der Waals surface area (Å²) in [5, 5.41) is 5.74. The van der Waals surface area contributed by atoms with Gasteiger partial charge in [-0.05, 0) is 0 Å². The summed E-state index contributed by atoms with van der Waals surface area (Å²) < 4.78 is 4.57. The first-order chi connectivity index (χ1) is 4.68. The second-order valence-corrected chi connectivity index (χ2v) is 1.80. The molecule has 5 nitrogen and oxygen atoms in total. The molecule has 0 aromatic carbocycles. The summed E-state index contributed by atoms with van der Waals surface area (Å²) in [5.41, 5.74) is 5.20. The Hall–Kier alpha value is -1.52. The number of amides is 1. The number of nitrogen functional groups attached to an aromatic ring is 1. The molecule has 1 rings (SSSR count). The van der Waals surface area contributed by atoms with Crippen molar-refractivity contribution in [3.8, 4) is 0 Å². The Morgan fingerprint density at radius 3 is 3.00 bits per heavy atom. The summed E-state index contributed by atoms with van der Waals surface area (Å²) in [7, 11) is 0. The predicted molar refractivity (Wildman–Crippen MR) is 35.2 cm³/mol. The zero-order valence-corrected chi connectivity index (χ0v) is 5.42. The minimum atomic E-state index is -0.212. The third-order valence-corrected chi connectivity index (χ3v) is 0.828. The highest BCUT2D eigenvalue weighted by atomic mass is 16.5. The van der Waals surface area contributed by atoms with Gasteiger partial charge < -0.3 is 10.3 Å². The number of nitrogens with two attached hydrogens (primary N) is 1. The van der Waals surface area contributed by atoms with Crippen molar-refractivity contribution in [2.24, 2.45) is 0 Å². The number of carbonyl (C=O) groups is 1. The SMILES string of the molecule is CC(=O)Nc1cc(N)no1. The number of rotatable bonds is 1. The predicted octanol–water partition coefficient (Wildman–Crippen LogP) is 0.215. The number of nitrogens with one attached hydrogen (secondary N) is 1. The van der Waals surface area contributed by atoms with E-state index >= 15 is 0 Å². The number of nitrogens with zero attached hydrogens (tertiary/aromatic N) is 1. The minimum absolute atomic E-state index is 0.212. The Morgan fingerprint density at radius 2 is 2.60 bits per heavy atom. The van der Waals surface area contributed by atoms with Gasteiger partial charge in [-0.25, -0.2) is 0 Å². The van der Waals surface area contributed by atoms with Crippen molar-refractivity contribution >= 4 is 17.6 Å². The Kier molecular flexibility index (Phi) is 1.57. The molecule has 1 amide bonds. The molecule has 0 bridgehead atoms. The number of anilines is 2. The van der Waals surface area contributed by atoms with Gasteiger partial charge in [-0.3, -0.25) is 10.1 Å². The lowest BCUT2D eigenvalue weighted by atomic mass is 10.6. The number of hydrogen-bond donors (Lipinski definition) is 2. The third kappa shape index (κ3) is 1.48. The zero-order chi connectivity index (χ0) is 7.56. The number of aromatic nitrogens is 1. The van der Waals surface area contributed by atoms with Crippen LogP contribution in [0.2, 0.25) is 0 Å². The lowest BCUT2D eigenvalue weighted by molar-refractivity contribution is -0.114. The van der Waals surface area contributed by atoms with Gasteiger partial charge >= 0.3 is 0 Å². The van der Waals surface area contributed by atoms with Crippen molar-refractivity contribution in [1.29, 1.82) is 0 Å². The molecule has 0 spiro atoms. The van der Waals surface area contributed by atoms with Crippen LogP contribution in [0.25, 0.3) is 0 Å². The van der Waals surface area contributed by atoms with E-state index in [1.165, 1.54) is 13.0 Å². The monoisotopic (exact) mass is 141 g/mol. The summed E-state index contributed by atoms with van der Waals surface area (Å²) in [6.07, 6.45) is 0. The molecule has 0 fully saturated rings. The lowest BCUT2D eigenvalue weighted by Gasteiger charge is -1.89. The average molecular weight is 141 g/mol. The fraction of sp³-hybridized carbons (Fsp3) is 0.200. The van der Waals surface area contributed by atoms with E-state index < -0.39 is 0 Å². The molecular formula is C5H7N3O2. The molecule has 0 radical (unpaired) electrons. The van der Waals surface area contributed by atoms with Crippen molar-refractivity contribution in [2.75, 3.05) is 11.1 Å². The summed E-state index contributed by atoms with van der Waals surface area (Å²) in [6.45, 7) is 1.37. The minimum Gasteiger partial charge on any atom is -0.381 e. The first kappa shape index (κ1) is 6.60. The van der Waals surface area contributed by atoms with E-state index in [0.717, 1.165) is 0 Å². The van der Waals surface area contributed by atoms with E-state index in [1.54, 1.807) is 0 Å². The van der Waals surface area contributed by atoms with Crippen LogP contribution in [0.1, 0.15) is 6.92 Å². The molecule has 1 aromatic heterocycles. The second kappa shape index (κ2) is 2.38. The Morgan fingerprint density at radius 1 is 1.90 bits per heavy atom. The van der Waals surface area contributed by atoms with Gasteiger partial charge in [0.05, 0.1) is 0 Å². The van der Waals surface area contributed by atoms with Crippen molar-refractivity contribution in [3.05, 3.63) is 6.07 Å². The first-order valence-corrected chi connectivity index (χ1v) is 2.68. The molecule has 0 aliphatic rings.